The third-order valence-electron chi connectivity index (χ3n) is 3.86. The lowest BCUT2D eigenvalue weighted by Gasteiger charge is -2.35. The van der Waals surface area contributed by atoms with Crippen LogP contribution in [0.3, 0.4) is 0 Å². The second kappa shape index (κ2) is 5.65. The zero-order chi connectivity index (χ0) is 13.2. The Morgan fingerprint density at radius 3 is 2.68 bits per heavy atom. The SMILES string of the molecule is CC1CN(Cc2ccoc2CNC2CC2)CC(C)O1. The van der Waals surface area contributed by atoms with Crippen LogP contribution in [-0.4, -0.2) is 36.2 Å². The van der Waals surface area contributed by atoms with Gasteiger partial charge < -0.3 is 14.5 Å². The van der Waals surface area contributed by atoms with Crippen LogP contribution >= 0.6 is 0 Å². The van der Waals surface area contributed by atoms with Gasteiger partial charge in [-0.3, -0.25) is 4.90 Å². The van der Waals surface area contributed by atoms with E-state index in [0.29, 0.717) is 12.2 Å². The summed E-state index contributed by atoms with van der Waals surface area (Å²) in [6.45, 7) is 8.13. The molecule has 0 radical (unpaired) electrons. The third-order valence-corrected chi connectivity index (χ3v) is 3.86. The van der Waals surface area contributed by atoms with Crippen molar-refractivity contribution in [3.8, 4) is 0 Å². The summed E-state index contributed by atoms with van der Waals surface area (Å²) in [6, 6.07) is 2.83. The average Bonchev–Trinajstić information content (AvgIpc) is 3.07. The highest BCUT2D eigenvalue weighted by atomic mass is 16.5. The van der Waals surface area contributed by atoms with Crippen molar-refractivity contribution in [2.24, 2.45) is 0 Å². The summed E-state index contributed by atoms with van der Waals surface area (Å²) in [6.07, 6.45) is 5.09. The van der Waals surface area contributed by atoms with Gasteiger partial charge in [-0.2, -0.15) is 0 Å². The van der Waals surface area contributed by atoms with Crippen LogP contribution in [0.2, 0.25) is 0 Å². The van der Waals surface area contributed by atoms with Crippen LogP contribution in [0.1, 0.15) is 38.0 Å². The molecule has 1 aliphatic carbocycles. The van der Waals surface area contributed by atoms with Crippen molar-refractivity contribution in [2.75, 3.05) is 13.1 Å². The Morgan fingerprint density at radius 1 is 1.26 bits per heavy atom. The second-order valence-electron chi connectivity index (χ2n) is 5.98. The molecule has 4 heteroatoms. The highest BCUT2D eigenvalue weighted by Gasteiger charge is 2.24. The van der Waals surface area contributed by atoms with Gasteiger partial charge in [-0.05, 0) is 32.8 Å². The van der Waals surface area contributed by atoms with E-state index in [4.69, 9.17) is 9.15 Å². The maximum absolute atomic E-state index is 5.78. The van der Waals surface area contributed by atoms with Crippen molar-refractivity contribution < 1.29 is 9.15 Å². The van der Waals surface area contributed by atoms with Crippen LogP contribution in [0.15, 0.2) is 16.7 Å². The molecule has 2 aliphatic rings. The minimum atomic E-state index is 0.323. The molecular formula is C15H24N2O2. The molecule has 1 aliphatic heterocycles. The normalized spacial score (nSPS) is 28.7. The van der Waals surface area contributed by atoms with E-state index in [0.717, 1.165) is 38.0 Å². The maximum Gasteiger partial charge on any atom is 0.122 e. The summed E-state index contributed by atoms with van der Waals surface area (Å²) in [7, 11) is 0. The summed E-state index contributed by atoms with van der Waals surface area (Å²) in [5.41, 5.74) is 1.31. The lowest BCUT2D eigenvalue weighted by Crippen LogP contribution is -2.44. The van der Waals surface area contributed by atoms with Crippen LogP contribution in [0.4, 0.5) is 0 Å². The number of nitrogens with zero attached hydrogens (tertiary/aromatic N) is 1. The smallest absolute Gasteiger partial charge is 0.122 e. The van der Waals surface area contributed by atoms with Crippen LogP contribution in [0.5, 0.6) is 0 Å². The third kappa shape index (κ3) is 3.59. The van der Waals surface area contributed by atoms with Crippen molar-refractivity contribution >= 4 is 0 Å². The molecule has 2 heterocycles. The minimum absolute atomic E-state index is 0.323. The summed E-state index contributed by atoms with van der Waals surface area (Å²) in [5, 5.41) is 3.52. The molecule has 0 bridgehead atoms. The molecule has 4 nitrogen and oxygen atoms in total. The van der Waals surface area contributed by atoms with E-state index in [2.05, 4.69) is 30.1 Å². The Morgan fingerprint density at radius 2 is 2.00 bits per heavy atom. The molecule has 1 saturated carbocycles. The molecule has 1 saturated heterocycles. The predicted octanol–water partition coefficient (Wildman–Crippen LogP) is 2.14. The Bertz CT molecular complexity index is 404. The first-order chi connectivity index (χ1) is 9.20. The Hall–Kier alpha value is -0.840. The molecular weight excluding hydrogens is 240 g/mol. The molecule has 106 valence electrons. The van der Waals surface area contributed by atoms with Crippen molar-refractivity contribution in [3.63, 3.8) is 0 Å². The molecule has 1 N–H and O–H groups in total. The zero-order valence-electron chi connectivity index (χ0n) is 11.9. The van der Waals surface area contributed by atoms with Crippen molar-refractivity contribution in [2.45, 2.75) is 58.0 Å². The molecule has 0 amide bonds. The van der Waals surface area contributed by atoms with Gasteiger partial charge in [0.15, 0.2) is 0 Å². The maximum atomic E-state index is 5.78. The molecule has 2 fully saturated rings. The van der Waals surface area contributed by atoms with Crippen molar-refractivity contribution in [1.29, 1.82) is 0 Å². The van der Waals surface area contributed by atoms with E-state index in [9.17, 15) is 0 Å². The van der Waals surface area contributed by atoms with Gasteiger partial charge in [0.1, 0.15) is 5.76 Å². The molecule has 1 aromatic rings. The van der Waals surface area contributed by atoms with Gasteiger partial charge in [0.25, 0.3) is 0 Å². The van der Waals surface area contributed by atoms with Crippen molar-refractivity contribution in [1.82, 2.24) is 10.2 Å². The fourth-order valence-electron chi connectivity index (χ4n) is 2.84. The molecule has 1 aromatic heterocycles. The van der Waals surface area contributed by atoms with Crippen LogP contribution < -0.4 is 5.32 Å². The Labute approximate surface area is 115 Å². The molecule has 2 atom stereocenters. The topological polar surface area (TPSA) is 37.6 Å². The van der Waals surface area contributed by atoms with Crippen LogP contribution in [0, 0.1) is 0 Å². The van der Waals surface area contributed by atoms with Gasteiger partial charge in [-0.25, -0.2) is 0 Å². The lowest BCUT2D eigenvalue weighted by atomic mass is 10.2. The van der Waals surface area contributed by atoms with E-state index in [-0.39, 0.29) is 0 Å². The van der Waals surface area contributed by atoms with Crippen LogP contribution in [-0.2, 0) is 17.8 Å². The fraction of sp³-hybridized carbons (Fsp3) is 0.733. The Balaban J connectivity index is 1.57. The number of nitrogens with one attached hydrogen (secondary N) is 1. The number of hydrogen-bond donors (Lipinski definition) is 1. The summed E-state index contributed by atoms with van der Waals surface area (Å²) in [4.78, 5) is 2.46. The van der Waals surface area contributed by atoms with E-state index in [1.54, 1.807) is 0 Å². The first-order valence-electron chi connectivity index (χ1n) is 7.37. The van der Waals surface area contributed by atoms with Gasteiger partial charge in [0.2, 0.25) is 0 Å². The van der Waals surface area contributed by atoms with E-state index < -0.39 is 0 Å². The number of hydrogen-bond acceptors (Lipinski definition) is 4. The standard InChI is InChI=1S/C15H24N2O2/c1-11-8-17(9-12(2)19-11)10-13-5-6-18-15(13)7-16-14-3-4-14/h5-6,11-12,14,16H,3-4,7-10H2,1-2H3. The molecule has 2 unspecified atom stereocenters. The van der Waals surface area contributed by atoms with Gasteiger partial charge in [0.05, 0.1) is 25.0 Å². The van der Waals surface area contributed by atoms with Gasteiger partial charge >= 0.3 is 0 Å². The summed E-state index contributed by atoms with van der Waals surface area (Å²) < 4.78 is 11.4. The average molecular weight is 264 g/mol. The van der Waals surface area contributed by atoms with Gasteiger partial charge in [-0.1, -0.05) is 0 Å². The highest BCUT2D eigenvalue weighted by Crippen LogP contribution is 2.21. The van der Waals surface area contributed by atoms with Gasteiger partial charge in [-0.15, -0.1) is 0 Å². The lowest BCUT2D eigenvalue weighted by molar-refractivity contribution is -0.0706. The number of morpholine rings is 1. The fourth-order valence-corrected chi connectivity index (χ4v) is 2.84. The summed E-state index contributed by atoms with van der Waals surface area (Å²) in [5.74, 6) is 1.10. The van der Waals surface area contributed by atoms with Gasteiger partial charge in [0, 0.05) is 31.2 Å². The monoisotopic (exact) mass is 264 g/mol. The predicted molar refractivity (Wildman–Crippen MR) is 73.9 cm³/mol. The van der Waals surface area contributed by atoms with Crippen molar-refractivity contribution in [3.05, 3.63) is 23.7 Å². The quantitative estimate of drug-likeness (QED) is 0.884. The Kier molecular flexibility index (Phi) is 3.91. The van der Waals surface area contributed by atoms with E-state index in [1.165, 1.54) is 18.4 Å². The van der Waals surface area contributed by atoms with E-state index >= 15 is 0 Å². The largest absolute Gasteiger partial charge is 0.468 e. The first-order valence-corrected chi connectivity index (χ1v) is 7.37. The van der Waals surface area contributed by atoms with Crippen LogP contribution in [0.25, 0.3) is 0 Å². The summed E-state index contributed by atoms with van der Waals surface area (Å²) >= 11 is 0. The van der Waals surface area contributed by atoms with E-state index in [1.807, 2.05) is 6.26 Å². The molecule has 19 heavy (non-hydrogen) atoms. The first kappa shape index (κ1) is 13.2. The molecule has 0 spiro atoms. The number of ether oxygens (including phenoxy) is 1. The minimum Gasteiger partial charge on any atom is -0.468 e. The highest BCUT2D eigenvalue weighted by molar-refractivity contribution is 5.17. The number of rotatable bonds is 5. The zero-order valence-corrected chi connectivity index (χ0v) is 11.9. The number of furan rings is 1. The molecule has 0 aromatic carbocycles. The molecule has 3 rings (SSSR count). The second-order valence-corrected chi connectivity index (χ2v) is 5.98.